The summed E-state index contributed by atoms with van der Waals surface area (Å²) in [6.07, 6.45) is 7.36. The van der Waals surface area contributed by atoms with Crippen LogP contribution >= 0.6 is 12.2 Å². The summed E-state index contributed by atoms with van der Waals surface area (Å²) >= 11 is 5.25. The van der Waals surface area contributed by atoms with Crippen LogP contribution in [0.25, 0.3) is 5.57 Å². The predicted molar refractivity (Wildman–Crippen MR) is 74.0 cm³/mol. The summed E-state index contributed by atoms with van der Waals surface area (Å²) in [6.45, 7) is 1.97. The van der Waals surface area contributed by atoms with E-state index in [0.29, 0.717) is 22.6 Å². The Morgan fingerprint density at radius 2 is 2.37 bits per heavy atom. The second-order valence-corrected chi connectivity index (χ2v) is 4.28. The molecule has 2 rings (SSSR count). The maximum atomic E-state index is 11.9. The lowest BCUT2D eigenvalue weighted by molar-refractivity contribution is 0.0525. The maximum absolute atomic E-state index is 11.9. The van der Waals surface area contributed by atoms with Crippen LogP contribution in [0.4, 0.5) is 0 Å². The number of nitrogens with zero attached hydrogens (tertiary/aromatic N) is 2. The van der Waals surface area contributed by atoms with Gasteiger partial charge in [0.25, 0.3) is 0 Å². The van der Waals surface area contributed by atoms with E-state index < -0.39 is 12.0 Å². The molecule has 1 N–H and O–H groups in total. The summed E-state index contributed by atoms with van der Waals surface area (Å²) in [6, 6.07) is -0.402. The van der Waals surface area contributed by atoms with E-state index in [2.05, 4.69) is 9.97 Å². The van der Waals surface area contributed by atoms with Crippen LogP contribution in [0.2, 0.25) is 0 Å². The Kier molecular flexibility index (Phi) is 4.01. The van der Waals surface area contributed by atoms with E-state index in [4.69, 9.17) is 17.0 Å². The molecule has 0 aromatic carbocycles. The van der Waals surface area contributed by atoms with E-state index in [1.54, 1.807) is 13.0 Å². The van der Waals surface area contributed by atoms with Gasteiger partial charge >= 0.3 is 12.0 Å². The molecule has 0 radical (unpaired) electrons. The summed E-state index contributed by atoms with van der Waals surface area (Å²) in [7, 11) is 0. The van der Waals surface area contributed by atoms with Crippen molar-refractivity contribution in [1.82, 2.24) is 9.97 Å². The highest BCUT2D eigenvalue weighted by Gasteiger charge is 2.21. The topological polar surface area (TPSA) is 72.3 Å². The molecule has 1 aliphatic carbocycles. The molecule has 0 spiro atoms. The fraction of sp³-hybridized carbons (Fsp3) is 0.231. The van der Waals surface area contributed by atoms with Crippen molar-refractivity contribution in [1.29, 1.82) is 0 Å². The molecule has 0 saturated carbocycles. The Labute approximate surface area is 115 Å². The lowest BCUT2D eigenvalue weighted by atomic mass is 9.98. The third-order valence-electron chi connectivity index (χ3n) is 2.53. The second-order valence-electron chi connectivity index (χ2n) is 3.79. The van der Waals surface area contributed by atoms with Crippen LogP contribution in [0.15, 0.2) is 24.4 Å². The van der Waals surface area contributed by atoms with Crippen molar-refractivity contribution in [3.8, 4) is 6.01 Å². The number of thiocarbonyl (C=S) groups is 1. The zero-order valence-corrected chi connectivity index (χ0v) is 11.1. The van der Waals surface area contributed by atoms with E-state index in [1.807, 2.05) is 12.2 Å². The van der Waals surface area contributed by atoms with Gasteiger partial charge in [-0.2, -0.15) is 4.98 Å². The Morgan fingerprint density at radius 1 is 1.58 bits per heavy atom. The molecule has 0 saturated heterocycles. The molecular formula is C13H12N2O3S. The van der Waals surface area contributed by atoms with E-state index in [-0.39, 0.29) is 12.2 Å². The number of allylic oxidation sites excluding steroid dienone is 4. The highest BCUT2D eigenvalue weighted by molar-refractivity contribution is 7.81. The third kappa shape index (κ3) is 2.85. The average molecular weight is 276 g/mol. The molecule has 0 fully saturated rings. The molecule has 1 heterocycles. The summed E-state index contributed by atoms with van der Waals surface area (Å²) in [5.41, 5.74) is 1.14. The van der Waals surface area contributed by atoms with Gasteiger partial charge in [0.15, 0.2) is 0 Å². The molecule has 0 bridgehead atoms. The van der Waals surface area contributed by atoms with Gasteiger partial charge in [-0.05, 0) is 6.92 Å². The first-order chi connectivity index (χ1) is 9.13. The highest BCUT2D eigenvalue weighted by atomic mass is 32.1. The minimum Gasteiger partial charge on any atom is -0.479 e. The van der Waals surface area contributed by atoms with E-state index in [0.717, 1.165) is 0 Å². The molecule has 5 nitrogen and oxygen atoms in total. The van der Waals surface area contributed by atoms with Crippen LogP contribution in [0.3, 0.4) is 0 Å². The number of esters is 1. The number of aromatic hydroxyl groups is 1. The van der Waals surface area contributed by atoms with Crippen molar-refractivity contribution in [2.24, 2.45) is 0 Å². The Balaban J connectivity index is 2.51. The molecular weight excluding hydrogens is 264 g/mol. The molecule has 19 heavy (non-hydrogen) atoms. The van der Waals surface area contributed by atoms with Gasteiger partial charge in [0.1, 0.15) is 5.56 Å². The first kappa shape index (κ1) is 13.4. The Morgan fingerprint density at radius 3 is 3.05 bits per heavy atom. The summed E-state index contributed by atoms with van der Waals surface area (Å²) in [5.74, 6) is -0.532. The van der Waals surface area contributed by atoms with E-state index in [9.17, 15) is 9.90 Å². The van der Waals surface area contributed by atoms with Crippen LogP contribution in [-0.4, -0.2) is 32.5 Å². The number of carbonyl (C=O) groups is 1. The molecule has 6 heteroatoms. The second kappa shape index (κ2) is 5.71. The normalized spacial score (nSPS) is 14.2. The van der Waals surface area contributed by atoms with Gasteiger partial charge in [-0.25, -0.2) is 9.78 Å². The van der Waals surface area contributed by atoms with Crippen LogP contribution in [0.5, 0.6) is 6.01 Å². The number of rotatable bonds is 3. The van der Waals surface area contributed by atoms with Crippen molar-refractivity contribution in [2.45, 2.75) is 13.3 Å². The van der Waals surface area contributed by atoms with Gasteiger partial charge in [-0.1, -0.05) is 30.4 Å². The van der Waals surface area contributed by atoms with Crippen LogP contribution < -0.4 is 0 Å². The molecule has 0 amide bonds. The van der Waals surface area contributed by atoms with Gasteiger partial charge in [-0.15, -0.1) is 0 Å². The quantitative estimate of drug-likeness (QED) is 0.673. The van der Waals surface area contributed by atoms with Gasteiger partial charge in [-0.3, -0.25) is 0 Å². The smallest absolute Gasteiger partial charge is 0.341 e. The van der Waals surface area contributed by atoms with Crippen molar-refractivity contribution >= 4 is 28.6 Å². The highest BCUT2D eigenvalue weighted by Crippen LogP contribution is 2.24. The summed E-state index contributed by atoms with van der Waals surface area (Å²) in [4.78, 5) is 20.0. The first-order valence-electron chi connectivity index (χ1n) is 5.77. The minimum atomic E-state index is -0.532. The zero-order chi connectivity index (χ0) is 13.8. The van der Waals surface area contributed by atoms with Crippen LogP contribution in [0.1, 0.15) is 29.4 Å². The lowest BCUT2D eigenvalue weighted by Crippen LogP contribution is -2.13. The standard InChI is InChI=1S/C13H12N2O3S/c1-2-18-12(16)9-7-14-13(17)15-11(9)8-5-3-4-6-10(8)19/h3-5,7H,2,6H2,1H3,(H,14,15,17). The molecule has 1 aromatic heterocycles. The fourth-order valence-corrected chi connectivity index (χ4v) is 1.95. The summed E-state index contributed by atoms with van der Waals surface area (Å²) < 4.78 is 4.95. The van der Waals surface area contributed by atoms with Crippen LogP contribution in [-0.2, 0) is 4.74 Å². The number of ether oxygens (including phenoxy) is 1. The maximum Gasteiger partial charge on any atom is 0.341 e. The van der Waals surface area contributed by atoms with E-state index in [1.165, 1.54) is 6.20 Å². The zero-order valence-electron chi connectivity index (χ0n) is 10.3. The SMILES string of the molecule is CCOC(=O)c1cnc(O)nc1C1=CC=CCC1=S. The predicted octanol–water partition coefficient (Wildman–Crippen LogP) is 2.07. The Hall–Kier alpha value is -2.08. The minimum absolute atomic E-state index is 0.198. The van der Waals surface area contributed by atoms with Gasteiger partial charge < -0.3 is 9.84 Å². The van der Waals surface area contributed by atoms with Gasteiger partial charge in [0.05, 0.1) is 12.3 Å². The van der Waals surface area contributed by atoms with E-state index >= 15 is 0 Å². The molecule has 0 atom stereocenters. The molecule has 0 aliphatic heterocycles. The van der Waals surface area contributed by atoms with Gasteiger partial charge in [0, 0.05) is 23.1 Å². The average Bonchev–Trinajstić information content (AvgIpc) is 2.39. The number of carbonyl (C=O) groups excluding carboxylic acids is 1. The molecule has 0 unspecified atom stereocenters. The largest absolute Gasteiger partial charge is 0.479 e. The van der Waals surface area contributed by atoms with Crippen molar-refractivity contribution in [2.75, 3.05) is 6.61 Å². The molecule has 1 aliphatic rings. The number of hydrogen-bond acceptors (Lipinski definition) is 6. The Bertz CT molecular complexity index is 594. The van der Waals surface area contributed by atoms with Crippen LogP contribution in [0, 0.1) is 0 Å². The van der Waals surface area contributed by atoms with Crippen molar-refractivity contribution < 1.29 is 14.6 Å². The molecule has 98 valence electrons. The lowest BCUT2D eigenvalue weighted by Gasteiger charge is -2.13. The van der Waals surface area contributed by atoms with Crippen molar-refractivity contribution in [3.05, 3.63) is 35.7 Å². The number of hydrogen-bond donors (Lipinski definition) is 1. The third-order valence-corrected chi connectivity index (χ3v) is 2.92. The molecule has 1 aromatic rings. The van der Waals surface area contributed by atoms with Crippen molar-refractivity contribution in [3.63, 3.8) is 0 Å². The first-order valence-corrected chi connectivity index (χ1v) is 6.17. The monoisotopic (exact) mass is 276 g/mol. The fourth-order valence-electron chi connectivity index (χ4n) is 1.69. The van der Waals surface area contributed by atoms with Gasteiger partial charge in [0.2, 0.25) is 0 Å². The number of aromatic nitrogens is 2. The summed E-state index contributed by atoms with van der Waals surface area (Å²) in [5, 5.41) is 9.40.